The van der Waals surface area contributed by atoms with Crippen molar-refractivity contribution >= 4 is 16.5 Å². The molecule has 6 nitrogen and oxygen atoms in total. The van der Waals surface area contributed by atoms with Crippen LogP contribution in [0.15, 0.2) is 30.7 Å². The van der Waals surface area contributed by atoms with Crippen LogP contribution in [0.25, 0.3) is 10.6 Å². The molecule has 1 saturated carbocycles. The Balaban J connectivity index is 1.50. The molecule has 0 radical (unpaired) electrons. The molecule has 124 valence electrons. The van der Waals surface area contributed by atoms with Crippen LogP contribution in [0.4, 0.5) is 9.52 Å². The number of nitrogens with zero attached hydrogens (tertiary/aromatic N) is 5. The van der Waals surface area contributed by atoms with Crippen LogP contribution in [0.3, 0.4) is 0 Å². The first kappa shape index (κ1) is 15.2. The van der Waals surface area contributed by atoms with Gasteiger partial charge in [0.1, 0.15) is 5.82 Å². The van der Waals surface area contributed by atoms with E-state index in [4.69, 9.17) is 0 Å². The van der Waals surface area contributed by atoms with Gasteiger partial charge in [-0.15, -0.1) is 10.2 Å². The molecule has 4 rings (SSSR count). The molecule has 3 aromatic heterocycles. The lowest BCUT2D eigenvalue weighted by molar-refractivity contribution is 0.243. The first-order valence-electron chi connectivity index (χ1n) is 7.84. The van der Waals surface area contributed by atoms with Gasteiger partial charge >= 0.3 is 0 Å². The maximum absolute atomic E-state index is 14.1. The summed E-state index contributed by atoms with van der Waals surface area (Å²) in [6.45, 7) is 0.614. The number of anilines is 1. The Kier molecular flexibility index (Phi) is 3.76. The van der Waals surface area contributed by atoms with Crippen LogP contribution >= 0.6 is 11.3 Å². The second-order valence-corrected chi connectivity index (χ2v) is 7.11. The fraction of sp³-hybridized carbons (Fsp3) is 0.375. The van der Waals surface area contributed by atoms with Crippen molar-refractivity contribution in [2.45, 2.75) is 24.7 Å². The van der Waals surface area contributed by atoms with E-state index in [-0.39, 0.29) is 11.2 Å². The van der Waals surface area contributed by atoms with Crippen molar-refractivity contribution in [3.63, 3.8) is 0 Å². The lowest BCUT2D eigenvalue weighted by atomic mass is 9.66. The van der Waals surface area contributed by atoms with Crippen molar-refractivity contribution in [3.05, 3.63) is 42.2 Å². The van der Waals surface area contributed by atoms with Gasteiger partial charge in [-0.3, -0.25) is 9.67 Å². The number of rotatable bonds is 5. The standard InChI is InChI=1S/C16H17FN6S/c1-23-9-11(8-20-23)14-21-22-15(24-14)19-10-16(5-3-6-16)13-12(17)4-2-7-18-13/h2,4,7-9H,3,5-6,10H2,1H3,(H,19,22). The summed E-state index contributed by atoms with van der Waals surface area (Å²) in [6, 6.07) is 3.11. The molecular formula is C16H17FN6S. The Labute approximate surface area is 142 Å². The second kappa shape index (κ2) is 5.94. The molecule has 0 atom stereocenters. The van der Waals surface area contributed by atoms with Gasteiger partial charge < -0.3 is 5.32 Å². The van der Waals surface area contributed by atoms with Crippen LogP contribution in [0.2, 0.25) is 0 Å². The Morgan fingerprint density at radius 3 is 2.92 bits per heavy atom. The van der Waals surface area contributed by atoms with Gasteiger partial charge in [0.15, 0.2) is 5.01 Å². The van der Waals surface area contributed by atoms with E-state index >= 15 is 0 Å². The van der Waals surface area contributed by atoms with Crippen molar-refractivity contribution in [1.29, 1.82) is 0 Å². The van der Waals surface area contributed by atoms with Crippen molar-refractivity contribution in [1.82, 2.24) is 25.0 Å². The molecule has 1 aliphatic carbocycles. The van der Waals surface area contributed by atoms with Gasteiger partial charge in [-0.05, 0) is 25.0 Å². The third-order valence-corrected chi connectivity index (χ3v) is 5.46. The van der Waals surface area contributed by atoms with Gasteiger partial charge in [0.05, 0.1) is 17.5 Å². The van der Waals surface area contributed by atoms with Crippen molar-refractivity contribution in [2.75, 3.05) is 11.9 Å². The van der Waals surface area contributed by atoms with E-state index in [1.807, 2.05) is 13.2 Å². The zero-order chi connectivity index (χ0) is 16.6. The average molecular weight is 344 g/mol. The highest BCUT2D eigenvalue weighted by Gasteiger charge is 2.41. The summed E-state index contributed by atoms with van der Waals surface area (Å²) in [7, 11) is 1.87. The van der Waals surface area contributed by atoms with E-state index in [0.29, 0.717) is 12.2 Å². The van der Waals surface area contributed by atoms with Crippen LogP contribution in [-0.4, -0.2) is 31.5 Å². The van der Waals surface area contributed by atoms with E-state index in [9.17, 15) is 4.39 Å². The number of pyridine rings is 1. The molecule has 0 unspecified atom stereocenters. The molecule has 3 aromatic rings. The quantitative estimate of drug-likeness (QED) is 0.770. The first-order valence-corrected chi connectivity index (χ1v) is 8.65. The van der Waals surface area contributed by atoms with E-state index in [1.165, 1.54) is 17.4 Å². The normalized spacial score (nSPS) is 15.9. The van der Waals surface area contributed by atoms with Crippen molar-refractivity contribution < 1.29 is 4.39 Å². The van der Waals surface area contributed by atoms with Gasteiger partial charge in [-0.2, -0.15) is 5.10 Å². The number of hydrogen-bond donors (Lipinski definition) is 1. The maximum Gasteiger partial charge on any atom is 0.206 e. The third kappa shape index (κ3) is 2.66. The Hall–Kier alpha value is -2.35. The lowest BCUT2D eigenvalue weighted by Gasteiger charge is -2.41. The van der Waals surface area contributed by atoms with Gasteiger partial charge in [-0.25, -0.2) is 4.39 Å². The Morgan fingerprint density at radius 1 is 1.38 bits per heavy atom. The summed E-state index contributed by atoms with van der Waals surface area (Å²) >= 11 is 1.47. The van der Waals surface area contributed by atoms with E-state index in [0.717, 1.165) is 35.0 Å². The van der Waals surface area contributed by atoms with Gasteiger partial charge in [0.25, 0.3) is 0 Å². The average Bonchev–Trinajstić information content (AvgIpc) is 3.16. The molecule has 0 aromatic carbocycles. The molecule has 24 heavy (non-hydrogen) atoms. The SMILES string of the molecule is Cn1cc(-c2nnc(NCC3(c4ncccc4F)CCC3)s2)cn1. The molecule has 1 fully saturated rings. The highest BCUT2D eigenvalue weighted by atomic mass is 32.1. The van der Waals surface area contributed by atoms with Gasteiger partial charge in [-0.1, -0.05) is 17.8 Å². The number of hydrogen-bond acceptors (Lipinski definition) is 6. The Bertz CT molecular complexity index is 854. The fourth-order valence-corrected chi connectivity index (χ4v) is 3.78. The molecule has 3 heterocycles. The maximum atomic E-state index is 14.1. The minimum atomic E-state index is -0.245. The molecule has 0 aliphatic heterocycles. The highest BCUT2D eigenvalue weighted by Crippen LogP contribution is 2.44. The summed E-state index contributed by atoms with van der Waals surface area (Å²) in [4.78, 5) is 4.28. The van der Waals surface area contributed by atoms with Crippen LogP contribution in [0.5, 0.6) is 0 Å². The third-order valence-electron chi connectivity index (χ3n) is 4.53. The van der Waals surface area contributed by atoms with E-state index < -0.39 is 0 Å². The smallest absolute Gasteiger partial charge is 0.206 e. The van der Waals surface area contributed by atoms with Crippen LogP contribution in [0, 0.1) is 5.82 Å². The number of nitrogens with one attached hydrogen (secondary N) is 1. The van der Waals surface area contributed by atoms with Crippen molar-refractivity contribution in [3.8, 4) is 10.6 Å². The van der Waals surface area contributed by atoms with Gasteiger partial charge in [0.2, 0.25) is 5.13 Å². The molecule has 0 spiro atoms. The summed E-state index contributed by atoms with van der Waals surface area (Å²) in [5, 5.41) is 17.4. The van der Waals surface area contributed by atoms with Crippen LogP contribution in [0.1, 0.15) is 25.0 Å². The molecule has 0 bridgehead atoms. The molecular weight excluding hydrogens is 327 g/mol. The van der Waals surface area contributed by atoms with Crippen LogP contribution in [-0.2, 0) is 12.5 Å². The first-order chi connectivity index (χ1) is 11.7. The van der Waals surface area contributed by atoms with Crippen molar-refractivity contribution in [2.24, 2.45) is 7.05 Å². The monoisotopic (exact) mass is 344 g/mol. The largest absolute Gasteiger partial charge is 0.359 e. The highest BCUT2D eigenvalue weighted by molar-refractivity contribution is 7.18. The molecule has 0 amide bonds. The minimum absolute atomic E-state index is 0.229. The number of halogens is 1. The predicted molar refractivity (Wildman–Crippen MR) is 90.3 cm³/mol. The molecule has 8 heteroatoms. The number of aryl methyl sites for hydroxylation is 1. The summed E-state index contributed by atoms with van der Waals surface area (Å²) in [5.74, 6) is -0.229. The Morgan fingerprint density at radius 2 is 2.25 bits per heavy atom. The second-order valence-electron chi connectivity index (χ2n) is 6.14. The molecule has 1 N–H and O–H groups in total. The topological polar surface area (TPSA) is 68.5 Å². The fourth-order valence-electron chi connectivity index (χ4n) is 3.06. The predicted octanol–water partition coefficient (Wildman–Crippen LogP) is 3.01. The van der Waals surface area contributed by atoms with E-state index in [1.54, 1.807) is 23.1 Å². The summed E-state index contributed by atoms with van der Waals surface area (Å²) < 4.78 is 15.9. The zero-order valence-electron chi connectivity index (χ0n) is 13.2. The zero-order valence-corrected chi connectivity index (χ0v) is 14.1. The summed E-state index contributed by atoms with van der Waals surface area (Å²) in [6.07, 6.45) is 8.28. The molecule has 0 saturated heterocycles. The summed E-state index contributed by atoms with van der Waals surface area (Å²) in [5.41, 5.74) is 1.25. The van der Waals surface area contributed by atoms with Crippen LogP contribution < -0.4 is 5.32 Å². The lowest BCUT2D eigenvalue weighted by Crippen LogP contribution is -2.42. The van der Waals surface area contributed by atoms with Gasteiger partial charge in [0, 0.05) is 31.4 Å². The molecule has 1 aliphatic rings. The number of aromatic nitrogens is 5. The minimum Gasteiger partial charge on any atom is -0.359 e. The van der Waals surface area contributed by atoms with E-state index in [2.05, 4.69) is 25.6 Å².